The maximum absolute atomic E-state index is 5.14. The zero-order chi connectivity index (χ0) is 17.2. The molecule has 0 bridgehead atoms. The van der Waals surface area contributed by atoms with E-state index < -0.39 is 0 Å². The Kier molecular flexibility index (Phi) is 6.55. The molecule has 124 valence electrons. The van der Waals surface area contributed by atoms with Crippen LogP contribution in [0.5, 0.6) is 5.75 Å². The standard InChI is InChI=1S/C18H21N5O/c1-14(20-13-12-19-2)22-23-17-6-4-15(5-7-17)21-16-8-10-18(24-3)11-9-16/h4-13,19-21H,1H2,2-3H3/p+1/b13-12-,23-22?. The van der Waals surface area contributed by atoms with Crippen molar-refractivity contribution >= 4 is 17.1 Å². The van der Waals surface area contributed by atoms with Gasteiger partial charge in [-0.3, -0.25) is 0 Å². The number of methoxy groups -OCH3 is 1. The van der Waals surface area contributed by atoms with Crippen LogP contribution in [0.2, 0.25) is 0 Å². The van der Waals surface area contributed by atoms with Crippen molar-refractivity contribution in [2.24, 2.45) is 10.2 Å². The molecule has 0 aromatic heterocycles. The van der Waals surface area contributed by atoms with Gasteiger partial charge in [0.05, 0.1) is 26.0 Å². The minimum absolute atomic E-state index is 0.480. The van der Waals surface area contributed by atoms with E-state index in [-0.39, 0.29) is 0 Å². The summed E-state index contributed by atoms with van der Waals surface area (Å²) in [4.78, 5) is 0. The van der Waals surface area contributed by atoms with Crippen molar-refractivity contribution < 1.29 is 10.1 Å². The Morgan fingerprint density at radius 1 is 1.08 bits per heavy atom. The van der Waals surface area contributed by atoms with Gasteiger partial charge in [-0.2, -0.15) is 0 Å². The molecule has 0 heterocycles. The summed E-state index contributed by atoms with van der Waals surface area (Å²) >= 11 is 0. The van der Waals surface area contributed by atoms with E-state index in [1.807, 2.05) is 67.1 Å². The van der Waals surface area contributed by atoms with E-state index in [0.29, 0.717) is 5.82 Å². The Bertz CT molecular complexity index is 705. The molecule has 0 radical (unpaired) electrons. The third kappa shape index (κ3) is 5.58. The van der Waals surface area contributed by atoms with Gasteiger partial charge >= 0.3 is 0 Å². The SMILES string of the molecule is C=C(N=Nc1ccc(Nc2ccc(OC)cc2)cc1)N/C=C\[NH2+]C. The first kappa shape index (κ1) is 17.2. The summed E-state index contributed by atoms with van der Waals surface area (Å²) in [5.41, 5.74) is 2.71. The molecule has 24 heavy (non-hydrogen) atoms. The molecule has 2 rings (SSSR count). The molecule has 0 atom stereocenters. The van der Waals surface area contributed by atoms with Crippen LogP contribution in [0.1, 0.15) is 0 Å². The molecule has 0 saturated carbocycles. The van der Waals surface area contributed by atoms with Crippen molar-refractivity contribution in [2.45, 2.75) is 0 Å². The lowest BCUT2D eigenvalue weighted by molar-refractivity contribution is -0.556. The minimum Gasteiger partial charge on any atom is -0.497 e. The number of rotatable bonds is 8. The van der Waals surface area contributed by atoms with Gasteiger partial charge in [0, 0.05) is 11.4 Å². The molecule has 2 aromatic carbocycles. The fourth-order valence-electron chi connectivity index (χ4n) is 1.84. The summed E-state index contributed by atoms with van der Waals surface area (Å²) in [6, 6.07) is 15.4. The van der Waals surface area contributed by atoms with E-state index >= 15 is 0 Å². The van der Waals surface area contributed by atoms with Gasteiger partial charge in [0.15, 0.2) is 0 Å². The molecular formula is C18H22N5O+. The maximum Gasteiger partial charge on any atom is 0.145 e. The van der Waals surface area contributed by atoms with Crippen LogP contribution in [0.4, 0.5) is 17.1 Å². The van der Waals surface area contributed by atoms with Gasteiger partial charge in [-0.05, 0) is 48.5 Å². The summed E-state index contributed by atoms with van der Waals surface area (Å²) < 4.78 is 5.14. The summed E-state index contributed by atoms with van der Waals surface area (Å²) in [7, 11) is 3.59. The van der Waals surface area contributed by atoms with Crippen molar-refractivity contribution in [1.29, 1.82) is 0 Å². The van der Waals surface area contributed by atoms with Gasteiger partial charge < -0.3 is 20.7 Å². The number of azo groups is 1. The minimum atomic E-state index is 0.480. The van der Waals surface area contributed by atoms with Crippen molar-refractivity contribution in [1.82, 2.24) is 5.32 Å². The van der Waals surface area contributed by atoms with Gasteiger partial charge in [0.1, 0.15) is 17.8 Å². The van der Waals surface area contributed by atoms with Gasteiger partial charge in [0.25, 0.3) is 0 Å². The summed E-state index contributed by atoms with van der Waals surface area (Å²) in [5.74, 6) is 1.31. The topological polar surface area (TPSA) is 74.6 Å². The molecule has 4 N–H and O–H groups in total. The van der Waals surface area contributed by atoms with Gasteiger partial charge in [-0.15, -0.1) is 10.2 Å². The fourth-order valence-corrected chi connectivity index (χ4v) is 1.84. The largest absolute Gasteiger partial charge is 0.497 e. The predicted octanol–water partition coefficient (Wildman–Crippen LogP) is 3.25. The zero-order valence-electron chi connectivity index (χ0n) is 13.9. The normalized spacial score (nSPS) is 10.9. The van der Waals surface area contributed by atoms with E-state index in [1.165, 1.54) is 0 Å². The van der Waals surface area contributed by atoms with Gasteiger partial charge in [-0.25, -0.2) is 0 Å². The molecule has 0 unspecified atom stereocenters. The van der Waals surface area contributed by atoms with E-state index in [4.69, 9.17) is 4.74 Å². The third-order valence-corrected chi connectivity index (χ3v) is 3.07. The van der Waals surface area contributed by atoms with E-state index in [1.54, 1.807) is 13.3 Å². The lowest BCUT2D eigenvalue weighted by Crippen LogP contribution is -2.72. The van der Waals surface area contributed by atoms with Crippen LogP contribution in [0.25, 0.3) is 0 Å². The average molecular weight is 324 g/mol. The molecule has 2 aromatic rings. The van der Waals surface area contributed by atoms with Crippen LogP contribution in [-0.2, 0) is 0 Å². The second-order valence-electron chi connectivity index (χ2n) is 4.88. The summed E-state index contributed by atoms with van der Waals surface area (Å²) in [5, 5.41) is 16.3. The van der Waals surface area contributed by atoms with E-state index in [9.17, 15) is 0 Å². The Hall–Kier alpha value is -3.12. The van der Waals surface area contributed by atoms with Crippen molar-refractivity contribution in [3.63, 3.8) is 0 Å². The van der Waals surface area contributed by atoms with Crippen molar-refractivity contribution in [2.75, 3.05) is 19.5 Å². The number of anilines is 2. The highest BCUT2D eigenvalue weighted by Gasteiger charge is 1.97. The molecule has 0 spiro atoms. The first-order chi connectivity index (χ1) is 11.7. The monoisotopic (exact) mass is 324 g/mol. The first-order valence-corrected chi connectivity index (χ1v) is 7.54. The third-order valence-electron chi connectivity index (χ3n) is 3.07. The van der Waals surface area contributed by atoms with Crippen LogP contribution in [0.15, 0.2) is 83.6 Å². The van der Waals surface area contributed by atoms with Crippen LogP contribution in [-0.4, -0.2) is 14.2 Å². The highest BCUT2D eigenvalue weighted by Crippen LogP contribution is 2.22. The first-order valence-electron chi connectivity index (χ1n) is 7.54. The number of ether oxygens (including phenoxy) is 1. The second kappa shape index (κ2) is 9.12. The number of quaternary nitrogens is 1. The van der Waals surface area contributed by atoms with Gasteiger partial charge in [-0.1, -0.05) is 6.58 Å². The number of nitrogens with one attached hydrogen (secondary N) is 2. The molecule has 0 fully saturated rings. The van der Waals surface area contributed by atoms with Gasteiger partial charge in [0.2, 0.25) is 0 Å². The number of benzene rings is 2. The zero-order valence-corrected chi connectivity index (χ0v) is 13.9. The molecule has 0 aliphatic rings. The Morgan fingerprint density at radius 2 is 1.71 bits per heavy atom. The Labute approximate surface area is 142 Å². The molecule has 0 aliphatic carbocycles. The van der Waals surface area contributed by atoms with E-state index in [0.717, 1.165) is 22.8 Å². The Balaban J connectivity index is 1.92. The molecule has 0 amide bonds. The van der Waals surface area contributed by atoms with Crippen LogP contribution < -0.4 is 20.7 Å². The van der Waals surface area contributed by atoms with Crippen LogP contribution in [0.3, 0.4) is 0 Å². The second-order valence-corrected chi connectivity index (χ2v) is 4.88. The quantitative estimate of drug-likeness (QED) is 0.653. The summed E-state index contributed by atoms with van der Waals surface area (Å²) in [6.07, 6.45) is 3.61. The van der Waals surface area contributed by atoms with E-state index in [2.05, 4.69) is 27.4 Å². The lowest BCUT2D eigenvalue weighted by Gasteiger charge is -2.07. The molecule has 0 aliphatic heterocycles. The Morgan fingerprint density at radius 3 is 2.29 bits per heavy atom. The van der Waals surface area contributed by atoms with Crippen LogP contribution >= 0.6 is 0 Å². The average Bonchev–Trinajstić information content (AvgIpc) is 2.62. The lowest BCUT2D eigenvalue weighted by atomic mass is 10.2. The summed E-state index contributed by atoms with van der Waals surface area (Å²) in [6.45, 7) is 3.77. The number of hydrogen-bond donors (Lipinski definition) is 3. The number of nitrogens with two attached hydrogens (primary N) is 1. The van der Waals surface area contributed by atoms with Crippen LogP contribution in [0, 0.1) is 0 Å². The number of nitrogens with zero attached hydrogens (tertiary/aromatic N) is 2. The smallest absolute Gasteiger partial charge is 0.145 e. The highest BCUT2D eigenvalue weighted by atomic mass is 16.5. The molecule has 6 nitrogen and oxygen atoms in total. The van der Waals surface area contributed by atoms with Crippen molar-refractivity contribution in [3.05, 3.63) is 73.3 Å². The number of hydrogen-bond acceptors (Lipinski definition) is 5. The molecular weight excluding hydrogens is 302 g/mol. The molecule has 6 heteroatoms. The highest BCUT2D eigenvalue weighted by molar-refractivity contribution is 5.62. The fraction of sp³-hybridized carbons (Fsp3) is 0.111. The molecule has 0 saturated heterocycles. The maximum atomic E-state index is 5.14. The predicted molar refractivity (Wildman–Crippen MR) is 96.5 cm³/mol. The van der Waals surface area contributed by atoms with Crippen molar-refractivity contribution in [3.8, 4) is 5.75 Å².